The van der Waals surface area contributed by atoms with Crippen molar-refractivity contribution in [2.24, 2.45) is 5.73 Å². The van der Waals surface area contributed by atoms with Crippen LogP contribution in [0.25, 0.3) is 0 Å². The van der Waals surface area contributed by atoms with E-state index < -0.39 is 15.9 Å². The van der Waals surface area contributed by atoms with Crippen LogP contribution in [-0.4, -0.2) is 67.1 Å². The highest BCUT2D eigenvalue weighted by molar-refractivity contribution is 7.99. The van der Waals surface area contributed by atoms with Crippen LogP contribution in [0.4, 0.5) is 0 Å². The molecular weight excluding hydrogens is 398 g/mol. The molecule has 1 aliphatic heterocycles. The van der Waals surface area contributed by atoms with Crippen LogP contribution in [0, 0.1) is 0 Å². The van der Waals surface area contributed by atoms with Crippen LogP contribution in [0.1, 0.15) is 38.2 Å². The van der Waals surface area contributed by atoms with E-state index in [9.17, 15) is 18.0 Å². The lowest BCUT2D eigenvalue weighted by Gasteiger charge is -2.34. The number of hydrogen-bond donors (Lipinski definition) is 1. The van der Waals surface area contributed by atoms with Crippen LogP contribution < -0.4 is 5.73 Å². The molecule has 9 heteroatoms. The molecule has 1 aliphatic rings. The summed E-state index contributed by atoms with van der Waals surface area (Å²) in [6.07, 6.45) is 1.32. The Morgan fingerprint density at radius 3 is 2.29 bits per heavy atom. The minimum Gasteiger partial charge on any atom is -0.369 e. The molecule has 0 bridgehead atoms. The van der Waals surface area contributed by atoms with Crippen molar-refractivity contribution >= 4 is 33.6 Å². The third kappa shape index (κ3) is 5.96. The minimum atomic E-state index is -3.55. The Morgan fingerprint density at radius 2 is 1.75 bits per heavy atom. The van der Waals surface area contributed by atoms with Crippen molar-refractivity contribution in [1.29, 1.82) is 0 Å². The number of benzene rings is 1. The largest absolute Gasteiger partial charge is 0.369 e. The van der Waals surface area contributed by atoms with Gasteiger partial charge < -0.3 is 10.6 Å². The van der Waals surface area contributed by atoms with Crippen LogP contribution in [0.5, 0.6) is 0 Å². The van der Waals surface area contributed by atoms with E-state index in [4.69, 9.17) is 5.73 Å². The highest BCUT2D eigenvalue weighted by Crippen LogP contribution is 2.23. The molecule has 28 heavy (non-hydrogen) atoms. The molecule has 1 aromatic carbocycles. The third-order valence-corrected chi connectivity index (χ3v) is 7.89. The Labute approximate surface area is 171 Å². The van der Waals surface area contributed by atoms with Crippen molar-refractivity contribution in [2.45, 2.75) is 37.5 Å². The Kier molecular flexibility index (Phi) is 8.33. The number of hydrogen-bond acceptors (Lipinski definition) is 5. The molecule has 7 nitrogen and oxygen atoms in total. The summed E-state index contributed by atoms with van der Waals surface area (Å²) in [4.78, 5) is 24.9. The van der Waals surface area contributed by atoms with Crippen molar-refractivity contribution in [3.8, 4) is 0 Å². The molecule has 1 heterocycles. The quantitative estimate of drug-likeness (QED) is 0.604. The van der Waals surface area contributed by atoms with Gasteiger partial charge >= 0.3 is 0 Å². The zero-order valence-electron chi connectivity index (χ0n) is 16.5. The summed E-state index contributed by atoms with van der Waals surface area (Å²) in [6, 6.07) is 7.10. The second-order valence-electron chi connectivity index (χ2n) is 6.93. The third-order valence-electron chi connectivity index (χ3n) is 5.00. The van der Waals surface area contributed by atoms with Crippen molar-refractivity contribution in [1.82, 2.24) is 9.21 Å². The molecule has 0 saturated carbocycles. The molecule has 1 atom stereocenters. The molecule has 1 fully saturated rings. The average molecular weight is 428 g/mol. The summed E-state index contributed by atoms with van der Waals surface area (Å²) >= 11 is 1.33. The van der Waals surface area contributed by atoms with E-state index in [1.807, 2.05) is 12.1 Å². The van der Waals surface area contributed by atoms with Crippen molar-refractivity contribution in [2.75, 3.05) is 37.7 Å². The summed E-state index contributed by atoms with van der Waals surface area (Å²) in [7, 11) is -3.55. The van der Waals surface area contributed by atoms with Crippen LogP contribution in [-0.2, 0) is 19.6 Å². The first-order valence-corrected chi connectivity index (χ1v) is 12.1. The van der Waals surface area contributed by atoms with Gasteiger partial charge in [0.15, 0.2) is 0 Å². The molecule has 2 rings (SSSR count). The second-order valence-corrected chi connectivity index (χ2v) is 9.98. The van der Waals surface area contributed by atoms with Crippen LogP contribution >= 0.6 is 11.8 Å². The highest BCUT2D eigenvalue weighted by Gasteiger charge is 2.30. The first-order chi connectivity index (χ1) is 13.3. The van der Waals surface area contributed by atoms with E-state index in [0.29, 0.717) is 36.1 Å². The lowest BCUT2D eigenvalue weighted by Crippen LogP contribution is -2.50. The van der Waals surface area contributed by atoms with E-state index in [0.717, 1.165) is 12.0 Å². The predicted octanol–water partition coefficient (Wildman–Crippen LogP) is 1.64. The summed E-state index contributed by atoms with van der Waals surface area (Å²) in [6.45, 7) is 5.55. The number of amides is 2. The maximum absolute atomic E-state index is 12.9. The maximum atomic E-state index is 12.9. The van der Waals surface area contributed by atoms with Gasteiger partial charge in [0.05, 0.1) is 10.6 Å². The van der Waals surface area contributed by atoms with Crippen LogP contribution in [0.3, 0.4) is 0 Å². The van der Waals surface area contributed by atoms with Gasteiger partial charge in [-0.3, -0.25) is 9.59 Å². The number of nitrogens with two attached hydrogens (primary N) is 1. The maximum Gasteiger partial charge on any atom is 0.243 e. The molecule has 0 aromatic heterocycles. The van der Waals surface area contributed by atoms with E-state index in [1.54, 1.807) is 17.0 Å². The number of sulfonamides is 1. The van der Waals surface area contributed by atoms with E-state index in [2.05, 4.69) is 13.8 Å². The van der Waals surface area contributed by atoms with Gasteiger partial charge in [0, 0.05) is 38.4 Å². The fraction of sp³-hybridized carbons (Fsp3) is 0.579. The van der Waals surface area contributed by atoms with Gasteiger partial charge in [0.2, 0.25) is 21.8 Å². The molecule has 0 radical (unpaired) electrons. The number of piperazine rings is 1. The first kappa shape index (κ1) is 22.7. The number of nitrogens with zero attached hydrogens (tertiary/aromatic N) is 2. The van der Waals surface area contributed by atoms with Gasteiger partial charge in [-0.2, -0.15) is 16.1 Å². The number of carbonyl (C=O) groups is 2. The van der Waals surface area contributed by atoms with Crippen LogP contribution in [0.2, 0.25) is 0 Å². The minimum absolute atomic E-state index is 0.0214. The smallest absolute Gasteiger partial charge is 0.243 e. The Morgan fingerprint density at radius 1 is 1.14 bits per heavy atom. The molecule has 1 aromatic rings. The molecule has 1 saturated heterocycles. The zero-order chi connectivity index (χ0) is 20.7. The van der Waals surface area contributed by atoms with Gasteiger partial charge in [-0.15, -0.1) is 0 Å². The Balaban J connectivity index is 1.89. The standard InChI is InChI=1S/C19H29N3O4S2/c1-3-15(2)16-4-6-17(7-5-16)28(25,26)22-11-9-21(10-12-22)19(24)8-13-27-14-18(20)23/h4-7,15H,3,8-14H2,1-2H3,(H2,20,23). The Hall–Kier alpha value is -1.58. The fourth-order valence-corrected chi connectivity index (χ4v) is 5.11. The normalized spacial score (nSPS) is 16.7. The molecule has 156 valence electrons. The van der Waals surface area contributed by atoms with Gasteiger partial charge in [0.1, 0.15) is 0 Å². The summed E-state index contributed by atoms with van der Waals surface area (Å²) < 4.78 is 27.2. The lowest BCUT2D eigenvalue weighted by atomic mass is 9.99. The molecule has 2 amide bonds. The monoisotopic (exact) mass is 427 g/mol. The van der Waals surface area contributed by atoms with E-state index >= 15 is 0 Å². The van der Waals surface area contributed by atoms with E-state index in [-0.39, 0.29) is 24.7 Å². The number of thioether (sulfide) groups is 1. The average Bonchev–Trinajstić information content (AvgIpc) is 2.70. The van der Waals surface area contributed by atoms with Crippen LogP contribution in [0.15, 0.2) is 29.2 Å². The number of carbonyl (C=O) groups excluding carboxylic acids is 2. The lowest BCUT2D eigenvalue weighted by molar-refractivity contribution is -0.131. The van der Waals surface area contributed by atoms with Crippen molar-refractivity contribution < 1.29 is 18.0 Å². The van der Waals surface area contributed by atoms with Gasteiger partial charge in [-0.1, -0.05) is 26.0 Å². The second kappa shape index (κ2) is 10.3. The summed E-state index contributed by atoms with van der Waals surface area (Å²) in [5.41, 5.74) is 6.20. The zero-order valence-corrected chi connectivity index (χ0v) is 18.1. The molecule has 0 aliphatic carbocycles. The first-order valence-electron chi connectivity index (χ1n) is 9.49. The molecule has 2 N–H and O–H groups in total. The summed E-state index contributed by atoms with van der Waals surface area (Å²) in [5.74, 6) is 0.714. The number of rotatable bonds is 9. The molecular formula is C19H29N3O4S2. The number of primary amides is 1. The SMILES string of the molecule is CCC(C)c1ccc(S(=O)(=O)N2CCN(C(=O)CCSCC(N)=O)CC2)cc1. The van der Waals surface area contributed by atoms with E-state index in [1.165, 1.54) is 16.1 Å². The summed E-state index contributed by atoms with van der Waals surface area (Å²) in [5, 5.41) is 0. The molecule has 0 spiro atoms. The predicted molar refractivity (Wildman–Crippen MR) is 112 cm³/mol. The topological polar surface area (TPSA) is 101 Å². The van der Waals surface area contributed by atoms with Gasteiger partial charge in [-0.25, -0.2) is 8.42 Å². The fourth-order valence-electron chi connectivity index (χ4n) is 3.02. The Bertz CT molecular complexity index is 773. The van der Waals surface area contributed by atoms with Gasteiger partial charge in [0.25, 0.3) is 0 Å². The van der Waals surface area contributed by atoms with Gasteiger partial charge in [-0.05, 0) is 30.0 Å². The highest BCUT2D eigenvalue weighted by atomic mass is 32.2. The van der Waals surface area contributed by atoms with Crippen molar-refractivity contribution in [3.05, 3.63) is 29.8 Å². The molecule has 1 unspecified atom stereocenters. The van der Waals surface area contributed by atoms with Crippen molar-refractivity contribution in [3.63, 3.8) is 0 Å².